The Balaban J connectivity index is 2.26. The fraction of sp³-hybridized carbons (Fsp3) is 0.167. The summed E-state index contributed by atoms with van der Waals surface area (Å²) in [6, 6.07) is 5.95. The van der Waals surface area contributed by atoms with Gasteiger partial charge < -0.3 is 0 Å². The standard InChI is InChI=1S/C12H10Cl3FN2S/c13-7-2-1-6(9(16)4-7)3-10(18-17)8-5-11(14)19-12(8)15/h1-2,4-5,10,18H,3,17H2. The van der Waals surface area contributed by atoms with Crippen LogP contribution in [0.4, 0.5) is 4.39 Å². The first-order chi connectivity index (χ1) is 9.01. The molecule has 1 heterocycles. The number of hydrogen-bond acceptors (Lipinski definition) is 3. The summed E-state index contributed by atoms with van der Waals surface area (Å²) in [4.78, 5) is 0. The molecule has 2 nitrogen and oxygen atoms in total. The lowest BCUT2D eigenvalue weighted by Crippen LogP contribution is -2.29. The van der Waals surface area contributed by atoms with Crippen molar-refractivity contribution in [2.75, 3.05) is 0 Å². The van der Waals surface area contributed by atoms with Gasteiger partial charge in [0, 0.05) is 10.6 Å². The zero-order valence-corrected chi connectivity index (χ0v) is 12.7. The number of benzene rings is 1. The highest BCUT2D eigenvalue weighted by atomic mass is 35.5. The molecule has 102 valence electrons. The minimum absolute atomic E-state index is 0.313. The molecular weight excluding hydrogens is 330 g/mol. The van der Waals surface area contributed by atoms with Gasteiger partial charge >= 0.3 is 0 Å². The first-order valence-corrected chi connectivity index (χ1v) is 7.31. The maximum atomic E-state index is 13.8. The van der Waals surface area contributed by atoms with Gasteiger partial charge in [-0.05, 0) is 30.2 Å². The third-order valence-electron chi connectivity index (χ3n) is 2.70. The van der Waals surface area contributed by atoms with Gasteiger partial charge in [-0.2, -0.15) is 0 Å². The van der Waals surface area contributed by atoms with Gasteiger partial charge in [0.1, 0.15) is 5.82 Å². The molecule has 0 fully saturated rings. The van der Waals surface area contributed by atoms with Crippen LogP contribution in [0, 0.1) is 5.82 Å². The largest absolute Gasteiger partial charge is 0.271 e. The summed E-state index contributed by atoms with van der Waals surface area (Å²) < 4.78 is 14.9. The van der Waals surface area contributed by atoms with E-state index in [1.807, 2.05) is 0 Å². The molecule has 0 radical (unpaired) electrons. The summed E-state index contributed by atoms with van der Waals surface area (Å²) >= 11 is 18.9. The van der Waals surface area contributed by atoms with Crippen LogP contribution in [0.2, 0.25) is 13.7 Å². The summed E-state index contributed by atoms with van der Waals surface area (Å²) in [5.74, 6) is 5.14. The van der Waals surface area contributed by atoms with Crippen molar-refractivity contribution in [3.05, 3.63) is 54.9 Å². The van der Waals surface area contributed by atoms with Crippen LogP contribution in [0.25, 0.3) is 0 Å². The van der Waals surface area contributed by atoms with Crippen molar-refractivity contribution in [2.24, 2.45) is 5.84 Å². The van der Waals surface area contributed by atoms with Crippen LogP contribution in [-0.4, -0.2) is 0 Å². The number of nitrogens with two attached hydrogens (primary N) is 1. The lowest BCUT2D eigenvalue weighted by Gasteiger charge is -2.16. The molecule has 1 atom stereocenters. The molecule has 0 bridgehead atoms. The quantitative estimate of drug-likeness (QED) is 0.631. The Morgan fingerprint density at radius 3 is 2.53 bits per heavy atom. The summed E-state index contributed by atoms with van der Waals surface area (Å²) in [5.41, 5.74) is 3.89. The molecule has 2 aromatic rings. The predicted molar refractivity (Wildman–Crippen MR) is 79.5 cm³/mol. The Labute approximate surface area is 129 Å². The van der Waals surface area contributed by atoms with E-state index in [1.54, 1.807) is 18.2 Å². The van der Waals surface area contributed by atoms with E-state index in [2.05, 4.69) is 5.43 Å². The molecule has 0 amide bonds. The van der Waals surface area contributed by atoms with E-state index < -0.39 is 0 Å². The predicted octanol–water partition coefficient (Wildman–Crippen LogP) is 4.59. The fourth-order valence-corrected chi connectivity index (χ4v) is 3.49. The van der Waals surface area contributed by atoms with Crippen LogP contribution in [-0.2, 0) is 6.42 Å². The van der Waals surface area contributed by atoms with Gasteiger partial charge in [-0.15, -0.1) is 11.3 Å². The van der Waals surface area contributed by atoms with E-state index in [0.717, 1.165) is 5.56 Å². The van der Waals surface area contributed by atoms with Crippen molar-refractivity contribution in [1.82, 2.24) is 5.43 Å². The molecule has 0 spiro atoms. The van der Waals surface area contributed by atoms with Gasteiger partial charge in [-0.1, -0.05) is 40.9 Å². The van der Waals surface area contributed by atoms with Crippen LogP contribution < -0.4 is 11.3 Å². The maximum Gasteiger partial charge on any atom is 0.127 e. The Kier molecular flexibility index (Phi) is 5.06. The first kappa shape index (κ1) is 15.0. The van der Waals surface area contributed by atoms with Crippen molar-refractivity contribution >= 4 is 46.1 Å². The monoisotopic (exact) mass is 338 g/mol. The highest BCUT2D eigenvalue weighted by Gasteiger charge is 2.18. The molecule has 0 saturated carbocycles. The molecule has 1 unspecified atom stereocenters. The summed E-state index contributed by atoms with van der Waals surface area (Å²) in [5, 5.41) is 0.357. The number of rotatable bonds is 4. The molecule has 19 heavy (non-hydrogen) atoms. The van der Waals surface area contributed by atoms with Crippen molar-refractivity contribution < 1.29 is 4.39 Å². The second-order valence-corrected chi connectivity index (χ2v) is 6.66. The van der Waals surface area contributed by atoms with Crippen molar-refractivity contribution in [1.29, 1.82) is 0 Å². The molecule has 0 aliphatic heterocycles. The molecular formula is C12H10Cl3FN2S. The first-order valence-electron chi connectivity index (χ1n) is 5.36. The normalized spacial score (nSPS) is 12.7. The van der Waals surface area contributed by atoms with Crippen molar-refractivity contribution in [2.45, 2.75) is 12.5 Å². The zero-order valence-electron chi connectivity index (χ0n) is 9.59. The van der Waals surface area contributed by atoms with Gasteiger partial charge in [-0.25, -0.2) is 4.39 Å². The molecule has 1 aromatic heterocycles. The minimum Gasteiger partial charge on any atom is -0.271 e. The van der Waals surface area contributed by atoms with Gasteiger partial charge in [0.05, 0.1) is 14.7 Å². The minimum atomic E-state index is -0.370. The van der Waals surface area contributed by atoms with E-state index in [4.69, 9.17) is 40.6 Å². The molecule has 7 heteroatoms. The Morgan fingerprint density at radius 2 is 2.00 bits per heavy atom. The zero-order chi connectivity index (χ0) is 14.0. The SMILES string of the molecule is NNC(Cc1ccc(Cl)cc1F)c1cc(Cl)sc1Cl. The van der Waals surface area contributed by atoms with Crippen molar-refractivity contribution in [3.63, 3.8) is 0 Å². The molecule has 0 saturated heterocycles. The number of thiophene rings is 1. The second-order valence-electron chi connectivity index (χ2n) is 3.94. The second kappa shape index (κ2) is 6.39. The maximum absolute atomic E-state index is 13.8. The molecule has 3 N–H and O–H groups in total. The van der Waals surface area contributed by atoms with E-state index in [9.17, 15) is 4.39 Å². The fourth-order valence-electron chi connectivity index (χ4n) is 1.76. The van der Waals surface area contributed by atoms with Crippen LogP contribution in [0.1, 0.15) is 17.2 Å². The van der Waals surface area contributed by atoms with E-state index in [1.165, 1.54) is 17.4 Å². The number of hydrogen-bond donors (Lipinski definition) is 2. The summed E-state index contributed by atoms with van der Waals surface area (Å²) in [6.07, 6.45) is 0.353. The van der Waals surface area contributed by atoms with Crippen molar-refractivity contribution in [3.8, 4) is 0 Å². The van der Waals surface area contributed by atoms with Gasteiger partial charge in [0.2, 0.25) is 0 Å². The molecule has 0 aliphatic carbocycles. The Morgan fingerprint density at radius 1 is 1.26 bits per heavy atom. The van der Waals surface area contributed by atoms with Crippen LogP contribution in [0.15, 0.2) is 24.3 Å². The smallest absolute Gasteiger partial charge is 0.127 e. The average molecular weight is 340 g/mol. The summed E-state index contributed by atoms with van der Waals surface area (Å²) in [6.45, 7) is 0. The Hall–Kier alpha value is -0.360. The molecule has 0 aliphatic rings. The number of halogens is 4. The Bertz CT molecular complexity index is 588. The van der Waals surface area contributed by atoms with E-state index in [0.29, 0.717) is 25.7 Å². The lowest BCUT2D eigenvalue weighted by atomic mass is 10.0. The average Bonchev–Trinajstić information content (AvgIpc) is 2.68. The lowest BCUT2D eigenvalue weighted by molar-refractivity contribution is 0.530. The third-order valence-corrected chi connectivity index (χ3v) is 4.45. The number of hydrazine groups is 1. The van der Waals surface area contributed by atoms with E-state index in [-0.39, 0.29) is 11.9 Å². The van der Waals surface area contributed by atoms with Gasteiger partial charge in [-0.3, -0.25) is 11.3 Å². The topological polar surface area (TPSA) is 38.0 Å². The third kappa shape index (κ3) is 3.60. The summed E-state index contributed by atoms with van der Waals surface area (Å²) in [7, 11) is 0. The van der Waals surface area contributed by atoms with Crippen LogP contribution >= 0.6 is 46.1 Å². The number of nitrogens with one attached hydrogen (secondary N) is 1. The molecule has 1 aromatic carbocycles. The van der Waals surface area contributed by atoms with Gasteiger partial charge in [0.15, 0.2) is 0 Å². The van der Waals surface area contributed by atoms with Crippen LogP contribution in [0.5, 0.6) is 0 Å². The van der Waals surface area contributed by atoms with Crippen LogP contribution in [0.3, 0.4) is 0 Å². The van der Waals surface area contributed by atoms with Gasteiger partial charge in [0.25, 0.3) is 0 Å². The highest BCUT2D eigenvalue weighted by molar-refractivity contribution is 7.20. The highest BCUT2D eigenvalue weighted by Crippen LogP contribution is 2.36. The van der Waals surface area contributed by atoms with E-state index >= 15 is 0 Å². The molecule has 2 rings (SSSR count).